The minimum absolute atomic E-state index is 0.00174. The van der Waals surface area contributed by atoms with E-state index in [0.717, 1.165) is 22.8 Å². The SMILES string of the molecule is COc1ccc(-n2c(C)cc(C(=O)CSc3nnnn3-c3ccc(O)cc3)c2C)cc1. The summed E-state index contributed by atoms with van der Waals surface area (Å²) in [6.07, 6.45) is 0. The van der Waals surface area contributed by atoms with Crippen molar-refractivity contribution in [3.63, 3.8) is 0 Å². The molecule has 2 heterocycles. The molecule has 4 aromatic rings. The third-order valence-corrected chi connectivity index (χ3v) is 5.85. The highest BCUT2D eigenvalue weighted by Crippen LogP contribution is 2.25. The summed E-state index contributed by atoms with van der Waals surface area (Å²) in [5, 5.41) is 21.7. The number of nitrogens with zero attached hydrogens (tertiary/aromatic N) is 5. The fraction of sp³-hybridized carbons (Fsp3) is 0.182. The molecule has 158 valence electrons. The van der Waals surface area contributed by atoms with Crippen LogP contribution in [0.5, 0.6) is 11.5 Å². The van der Waals surface area contributed by atoms with Crippen molar-refractivity contribution in [3.05, 3.63) is 71.5 Å². The van der Waals surface area contributed by atoms with E-state index in [0.29, 0.717) is 16.4 Å². The molecule has 0 bridgehead atoms. The van der Waals surface area contributed by atoms with Crippen LogP contribution in [0.25, 0.3) is 11.4 Å². The van der Waals surface area contributed by atoms with Gasteiger partial charge in [-0.3, -0.25) is 4.79 Å². The minimum Gasteiger partial charge on any atom is -0.508 e. The highest BCUT2D eigenvalue weighted by molar-refractivity contribution is 7.99. The van der Waals surface area contributed by atoms with Gasteiger partial charge in [0.25, 0.3) is 0 Å². The molecular weight excluding hydrogens is 414 g/mol. The van der Waals surface area contributed by atoms with Crippen molar-refractivity contribution in [2.24, 2.45) is 0 Å². The van der Waals surface area contributed by atoms with Crippen LogP contribution in [-0.4, -0.2) is 48.5 Å². The Labute approximate surface area is 183 Å². The van der Waals surface area contributed by atoms with Gasteiger partial charge in [0.05, 0.1) is 18.6 Å². The topological polar surface area (TPSA) is 95.1 Å². The number of methoxy groups -OCH3 is 1. The fourth-order valence-corrected chi connectivity index (χ4v) is 4.18. The molecule has 0 aliphatic heterocycles. The monoisotopic (exact) mass is 435 g/mol. The Hall–Kier alpha value is -3.59. The van der Waals surface area contributed by atoms with Gasteiger partial charge in [0.15, 0.2) is 5.78 Å². The zero-order valence-electron chi connectivity index (χ0n) is 17.3. The van der Waals surface area contributed by atoms with Crippen LogP contribution in [0.1, 0.15) is 21.7 Å². The van der Waals surface area contributed by atoms with Crippen molar-refractivity contribution in [1.29, 1.82) is 0 Å². The molecule has 0 atom stereocenters. The van der Waals surface area contributed by atoms with Gasteiger partial charge in [-0.25, -0.2) is 0 Å². The molecule has 0 amide bonds. The Morgan fingerprint density at radius 2 is 1.74 bits per heavy atom. The summed E-state index contributed by atoms with van der Waals surface area (Å²) < 4.78 is 8.82. The normalized spacial score (nSPS) is 10.9. The van der Waals surface area contributed by atoms with E-state index in [1.165, 1.54) is 16.4 Å². The number of ketones is 1. The van der Waals surface area contributed by atoms with Crippen molar-refractivity contribution < 1.29 is 14.6 Å². The maximum absolute atomic E-state index is 13.0. The number of benzene rings is 2. The summed E-state index contributed by atoms with van der Waals surface area (Å²) >= 11 is 1.27. The van der Waals surface area contributed by atoms with Gasteiger partial charge in [-0.1, -0.05) is 11.8 Å². The lowest BCUT2D eigenvalue weighted by Crippen LogP contribution is -2.07. The molecule has 9 heteroatoms. The predicted molar refractivity (Wildman–Crippen MR) is 118 cm³/mol. The van der Waals surface area contributed by atoms with E-state index in [2.05, 4.69) is 20.1 Å². The first-order chi connectivity index (χ1) is 15.0. The first kappa shape index (κ1) is 20.7. The van der Waals surface area contributed by atoms with E-state index in [1.54, 1.807) is 31.4 Å². The van der Waals surface area contributed by atoms with Crippen molar-refractivity contribution in [3.8, 4) is 22.9 Å². The number of aryl methyl sites for hydroxylation is 1. The molecule has 0 saturated heterocycles. The van der Waals surface area contributed by atoms with E-state index in [1.807, 2.05) is 44.2 Å². The van der Waals surface area contributed by atoms with Gasteiger partial charge in [0.2, 0.25) is 5.16 Å². The number of aromatic nitrogens is 5. The van der Waals surface area contributed by atoms with Crippen LogP contribution in [0.2, 0.25) is 0 Å². The average molecular weight is 436 g/mol. The largest absolute Gasteiger partial charge is 0.508 e. The third kappa shape index (κ3) is 4.17. The van der Waals surface area contributed by atoms with Crippen LogP contribution in [0.15, 0.2) is 59.8 Å². The number of thioether (sulfide) groups is 1. The highest BCUT2D eigenvalue weighted by atomic mass is 32.2. The fourth-order valence-electron chi connectivity index (χ4n) is 3.41. The summed E-state index contributed by atoms with van der Waals surface area (Å²) in [6, 6.07) is 16.2. The number of tetrazole rings is 1. The minimum atomic E-state index is -0.00174. The quantitative estimate of drug-likeness (QED) is 0.349. The summed E-state index contributed by atoms with van der Waals surface area (Å²) in [4.78, 5) is 13.0. The summed E-state index contributed by atoms with van der Waals surface area (Å²) in [6.45, 7) is 3.92. The molecule has 2 aromatic carbocycles. The van der Waals surface area contributed by atoms with Gasteiger partial charge in [-0.05, 0) is 78.9 Å². The van der Waals surface area contributed by atoms with Crippen molar-refractivity contribution >= 4 is 17.5 Å². The van der Waals surface area contributed by atoms with E-state index in [9.17, 15) is 9.90 Å². The third-order valence-electron chi connectivity index (χ3n) is 4.93. The van der Waals surface area contributed by atoms with Gasteiger partial charge < -0.3 is 14.4 Å². The maximum atomic E-state index is 13.0. The molecular formula is C22H21N5O3S. The van der Waals surface area contributed by atoms with Crippen LogP contribution in [-0.2, 0) is 0 Å². The summed E-state index contributed by atoms with van der Waals surface area (Å²) in [5.41, 5.74) is 4.20. The first-order valence-corrected chi connectivity index (χ1v) is 10.5. The zero-order chi connectivity index (χ0) is 22.0. The molecule has 1 N–H and O–H groups in total. The molecule has 31 heavy (non-hydrogen) atoms. The second-order valence-electron chi connectivity index (χ2n) is 6.92. The predicted octanol–water partition coefficient (Wildman–Crippen LogP) is 3.76. The zero-order valence-corrected chi connectivity index (χ0v) is 18.1. The number of hydrogen-bond donors (Lipinski definition) is 1. The van der Waals surface area contributed by atoms with E-state index >= 15 is 0 Å². The lowest BCUT2D eigenvalue weighted by molar-refractivity contribution is 0.102. The van der Waals surface area contributed by atoms with Gasteiger partial charge in [-0.15, -0.1) is 5.10 Å². The molecule has 0 aliphatic carbocycles. The van der Waals surface area contributed by atoms with Crippen LogP contribution in [0, 0.1) is 13.8 Å². The van der Waals surface area contributed by atoms with Gasteiger partial charge in [0, 0.05) is 22.6 Å². The smallest absolute Gasteiger partial charge is 0.214 e. The Morgan fingerprint density at radius 3 is 2.42 bits per heavy atom. The molecule has 0 aliphatic rings. The number of phenols is 1. The highest BCUT2D eigenvalue weighted by Gasteiger charge is 2.19. The molecule has 8 nitrogen and oxygen atoms in total. The first-order valence-electron chi connectivity index (χ1n) is 9.55. The number of phenolic OH excluding ortho intramolecular Hbond substituents is 1. The van der Waals surface area contributed by atoms with E-state index in [4.69, 9.17) is 4.74 Å². The maximum Gasteiger partial charge on any atom is 0.214 e. The van der Waals surface area contributed by atoms with Crippen molar-refractivity contribution in [2.75, 3.05) is 12.9 Å². The van der Waals surface area contributed by atoms with Crippen LogP contribution < -0.4 is 4.74 Å². The standard InChI is InChI=1S/C22H21N5O3S/c1-14-12-20(15(2)26(14)16-6-10-19(30-3)11-7-16)21(29)13-31-22-23-24-25-27(22)17-4-8-18(28)9-5-17/h4-12,28H,13H2,1-3H3. The molecule has 0 fully saturated rings. The molecule has 0 radical (unpaired) electrons. The van der Waals surface area contributed by atoms with E-state index in [-0.39, 0.29) is 17.3 Å². The van der Waals surface area contributed by atoms with Crippen LogP contribution >= 0.6 is 11.8 Å². The van der Waals surface area contributed by atoms with Gasteiger partial charge in [0.1, 0.15) is 11.5 Å². The number of Topliss-reactive ketones (excluding diaryl/α,β-unsaturated/α-hetero) is 1. The molecule has 0 spiro atoms. The Bertz CT molecular complexity index is 1210. The molecule has 0 saturated carbocycles. The van der Waals surface area contributed by atoms with Crippen LogP contribution in [0.3, 0.4) is 0 Å². The van der Waals surface area contributed by atoms with Gasteiger partial charge >= 0.3 is 0 Å². The lowest BCUT2D eigenvalue weighted by atomic mass is 10.2. The summed E-state index contributed by atoms with van der Waals surface area (Å²) in [7, 11) is 1.63. The Kier molecular flexibility index (Phi) is 5.77. The second kappa shape index (κ2) is 8.65. The summed E-state index contributed by atoms with van der Waals surface area (Å²) in [5.74, 6) is 1.14. The Balaban J connectivity index is 1.53. The van der Waals surface area contributed by atoms with E-state index < -0.39 is 0 Å². The number of ether oxygens (including phenoxy) is 1. The average Bonchev–Trinajstić information content (AvgIpc) is 3.36. The van der Waals surface area contributed by atoms with Crippen molar-refractivity contribution in [1.82, 2.24) is 24.8 Å². The lowest BCUT2D eigenvalue weighted by Gasteiger charge is -2.10. The second-order valence-corrected chi connectivity index (χ2v) is 7.86. The number of hydrogen-bond acceptors (Lipinski definition) is 7. The molecule has 4 rings (SSSR count). The van der Waals surface area contributed by atoms with Crippen molar-refractivity contribution in [2.45, 2.75) is 19.0 Å². The number of carbonyl (C=O) groups is 1. The molecule has 0 unspecified atom stereocenters. The molecule has 2 aromatic heterocycles. The number of aromatic hydroxyl groups is 1. The number of rotatable bonds is 7. The van der Waals surface area contributed by atoms with Gasteiger partial charge in [-0.2, -0.15) is 4.68 Å². The number of carbonyl (C=O) groups excluding carboxylic acids is 1. The van der Waals surface area contributed by atoms with Crippen LogP contribution in [0.4, 0.5) is 0 Å². The Morgan fingerprint density at radius 1 is 1.06 bits per heavy atom.